The number of benzene rings is 1. The summed E-state index contributed by atoms with van der Waals surface area (Å²) in [5, 5.41) is 9.40. The number of hydrogen-bond acceptors (Lipinski definition) is 4. The molecule has 0 saturated heterocycles. The molecule has 0 aliphatic rings. The van der Waals surface area contributed by atoms with E-state index in [1.165, 1.54) is 0 Å². The molecule has 5 nitrogen and oxygen atoms in total. The smallest absolute Gasteiger partial charge is 0.338 e. The summed E-state index contributed by atoms with van der Waals surface area (Å²) in [6.07, 6.45) is 8.90. The Morgan fingerprint density at radius 3 is 2.77 bits per heavy atom. The third-order valence-corrected chi connectivity index (χ3v) is 3.75. The Bertz CT molecular complexity index is 982. The van der Waals surface area contributed by atoms with Gasteiger partial charge in [0.2, 0.25) is 0 Å². The van der Waals surface area contributed by atoms with Gasteiger partial charge in [0.05, 0.1) is 17.7 Å². The first-order valence-corrected chi connectivity index (χ1v) is 8.20. The van der Waals surface area contributed by atoms with E-state index < -0.39 is 5.97 Å². The maximum Gasteiger partial charge on any atom is 0.338 e. The summed E-state index contributed by atoms with van der Waals surface area (Å²) in [7, 11) is 0. The summed E-state index contributed by atoms with van der Waals surface area (Å²) < 4.78 is 6.75. The number of ether oxygens (including phenoxy) is 1. The van der Waals surface area contributed by atoms with E-state index in [1.807, 2.05) is 48.7 Å². The van der Waals surface area contributed by atoms with Gasteiger partial charge in [0.25, 0.3) is 0 Å². The fourth-order valence-corrected chi connectivity index (χ4v) is 2.48. The topological polar surface area (TPSA) is 67.9 Å². The van der Waals surface area contributed by atoms with Crippen molar-refractivity contribution in [2.75, 3.05) is 6.61 Å². The van der Waals surface area contributed by atoms with Gasteiger partial charge in [0.1, 0.15) is 11.9 Å². The Hall–Kier alpha value is -3.65. The molecule has 0 spiro atoms. The highest BCUT2D eigenvalue weighted by molar-refractivity contribution is 5.89. The SMILES string of the molecule is CCOC(=O)c1ccnc(-n2cc(C#N)c(C=Cc3ccccc3)c2)c1. The normalized spacial score (nSPS) is 10.6. The van der Waals surface area contributed by atoms with Gasteiger partial charge in [0.15, 0.2) is 0 Å². The van der Waals surface area contributed by atoms with E-state index in [-0.39, 0.29) is 0 Å². The van der Waals surface area contributed by atoms with Crippen LogP contribution >= 0.6 is 0 Å². The Morgan fingerprint density at radius 1 is 1.23 bits per heavy atom. The first-order chi connectivity index (χ1) is 12.7. The zero-order valence-corrected chi connectivity index (χ0v) is 14.3. The van der Waals surface area contributed by atoms with Crippen LogP contribution in [0.4, 0.5) is 0 Å². The second kappa shape index (κ2) is 7.95. The number of hydrogen-bond donors (Lipinski definition) is 0. The van der Waals surface area contributed by atoms with E-state index in [0.29, 0.717) is 23.6 Å². The molecule has 0 saturated carbocycles. The lowest BCUT2D eigenvalue weighted by atomic mass is 10.1. The van der Waals surface area contributed by atoms with Crippen LogP contribution in [0.25, 0.3) is 18.0 Å². The maximum absolute atomic E-state index is 11.9. The van der Waals surface area contributed by atoms with Gasteiger partial charge < -0.3 is 9.30 Å². The molecule has 3 rings (SSSR count). The van der Waals surface area contributed by atoms with Gasteiger partial charge in [-0.05, 0) is 24.6 Å². The van der Waals surface area contributed by atoms with E-state index in [1.54, 1.807) is 36.0 Å². The standard InChI is InChI=1S/C21H17N3O2/c1-2-26-21(25)17-10-11-23-20(12-17)24-14-18(19(13-22)15-24)9-8-16-6-4-3-5-7-16/h3-12,14-15H,2H2,1H3. The molecule has 0 fully saturated rings. The van der Waals surface area contributed by atoms with Crippen molar-refractivity contribution in [1.29, 1.82) is 5.26 Å². The summed E-state index contributed by atoms with van der Waals surface area (Å²) >= 11 is 0. The highest BCUT2D eigenvalue weighted by atomic mass is 16.5. The van der Waals surface area contributed by atoms with Crippen LogP contribution < -0.4 is 0 Å². The number of nitriles is 1. The van der Waals surface area contributed by atoms with Crippen molar-refractivity contribution in [3.05, 3.63) is 83.3 Å². The molecule has 0 amide bonds. The predicted octanol–water partition coefficient (Wildman–Crippen LogP) is 4.09. The fraction of sp³-hybridized carbons (Fsp3) is 0.0952. The molecule has 0 bridgehead atoms. The molecule has 0 atom stereocenters. The molecule has 26 heavy (non-hydrogen) atoms. The van der Waals surface area contributed by atoms with Gasteiger partial charge >= 0.3 is 5.97 Å². The molecule has 128 valence electrons. The molecule has 0 unspecified atom stereocenters. The third-order valence-electron chi connectivity index (χ3n) is 3.75. The fourth-order valence-electron chi connectivity index (χ4n) is 2.48. The minimum absolute atomic E-state index is 0.313. The Kier molecular flexibility index (Phi) is 5.25. The zero-order chi connectivity index (χ0) is 18.4. The second-order valence-electron chi connectivity index (χ2n) is 5.51. The minimum Gasteiger partial charge on any atom is -0.462 e. The van der Waals surface area contributed by atoms with Crippen molar-refractivity contribution < 1.29 is 9.53 Å². The van der Waals surface area contributed by atoms with E-state index >= 15 is 0 Å². The van der Waals surface area contributed by atoms with Crippen molar-refractivity contribution in [3.63, 3.8) is 0 Å². The van der Waals surface area contributed by atoms with E-state index in [2.05, 4.69) is 11.1 Å². The quantitative estimate of drug-likeness (QED) is 0.654. The number of aromatic nitrogens is 2. The second-order valence-corrected chi connectivity index (χ2v) is 5.51. The van der Waals surface area contributed by atoms with Gasteiger partial charge in [-0.1, -0.05) is 42.5 Å². The molecule has 0 radical (unpaired) electrons. The van der Waals surface area contributed by atoms with Crippen LogP contribution in [-0.4, -0.2) is 22.1 Å². The van der Waals surface area contributed by atoms with Crippen LogP contribution in [0, 0.1) is 11.3 Å². The van der Waals surface area contributed by atoms with Crippen molar-refractivity contribution in [3.8, 4) is 11.9 Å². The first kappa shape index (κ1) is 17.2. The van der Waals surface area contributed by atoms with Gasteiger partial charge in [0, 0.05) is 24.2 Å². The van der Waals surface area contributed by atoms with Gasteiger partial charge in [-0.3, -0.25) is 0 Å². The number of nitrogens with zero attached hydrogens (tertiary/aromatic N) is 3. The Balaban J connectivity index is 1.92. The van der Waals surface area contributed by atoms with Crippen LogP contribution in [0.3, 0.4) is 0 Å². The zero-order valence-electron chi connectivity index (χ0n) is 14.3. The third kappa shape index (κ3) is 3.87. The Labute approximate surface area is 151 Å². The number of esters is 1. The molecule has 0 N–H and O–H groups in total. The summed E-state index contributed by atoms with van der Waals surface area (Å²) in [5.41, 5.74) is 2.78. The minimum atomic E-state index is -0.395. The molecule has 0 aliphatic heterocycles. The molecular weight excluding hydrogens is 326 g/mol. The lowest BCUT2D eigenvalue weighted by molar-refractivity contribution is 0.0526. The van der Waals surface area contributed by atoms with E-state index in [0.717, 1.165) is 11.1 Å². The molecule has 2 heterocycles. The maximum atomic E-state index is 11.9. The predicted molar refractivity (Wildman–Crippen MR) is 99.6 cm³/mol. The summed E-state index contributed by atoms with van der Waals surface area (Å²) in [5.74, 6) is 0.152. The van der Waals surface area contributed by atoms with E-state index in [4.69, 9.17) is 4.74 Å². The van der Waals surface area contributed by atoms with Crippen molar-refractivity contribution >= 4 is 18.1 Å². The summed E-state index contributed by atoms with van der Waals surface area (Å²) in [4.78, 5) is 16.2. The molecule has 5 heteroatoms. The van der Waals surface area contributed by atoms with E-state index in [9.17, 15) is 10.1 Å². The van der Waals surface area contributed by atoms with Crippen molar-refractivity contribution in [2.45, 2.75) is 6.92 Å². The largest absolute Gasteiger partial charge is 0.462 e. The average molecular weight is 343 g/mol. The monoisotopic (exact) mass is 343 g/mol. The van der Waals surface area contributed by atoms with Gasteiger partial charge in [-0.25, -0.2) is 9.78 Å². The number of carbonyl (C=O) groups is 1. The highest BCUT2D eigenvalue weighted by Gasteiger charge is 2.10. The number of rotatable bonds is 5. The molecule has 3 aromatic rings. The van der Waals surface area contributed by atoms with Crippen LogP contribution in [0.15, 0.2) is 61.1 Å². The lowest BCUT2D eigenvalue weighted by Gasteiger charge is -2.05. The number of pyridine rings is 1. The molecule has 0 aliphatic carbocycles. The summed E-state index contributed by atoms with van der Waals surface area (Å²) in [6.45, 7) is 2.07. The van der Waals surface area contributed by atoms with Crippen molar-refractivity contribution in [1.82, 2.24) is 9.55 Å². The average Bonchev–Trinajstić information content (AvgIpc) is 3.11. The van der Waals surface area contributed by atoms with Crippen molar-refractivity contribution in [2.24, 2.45) is 0 Å². The molecule has 2 aromatic heterocycles. The van der Waals surface area contributed by atoms with Crippen LogP contribution in [0.1, 0.15) is 34.0 Å². The summed E-state index contributed by atoms with van der Waals surface area (Å²) in [6, 6.07) is 15.3. The van der Waals surface area contributed by atoms with Crippen LogP contribution in [0.2, 0.25) is 0 Å². The van der Waals surface area contributed by atoms with Gasteiger partial charge in [-0.2, -0.15) is 5.26 Å². The lowest BCUT2D eigenvalue weighted by Crippen LogP contribution is -2.06. The first-order valence-electron chi connectivity index (χ1n) is 8.20. The molecule has 1 aromatic carbocycles. The Morgan fingerprint density at radius 2 is 2.04 bits per heavy atom. The van der Waals surface area contributed by atoms with Crippen LogP contribution in [0.5, 0.6) is 0 Å². The van der Waals surface area contributed by atoms with Gasteiger partial charge in [-0.15, -0.1) is 0 Å². The van der Waals surface area contributed by atoms with Crippen LogP contribution in [-0.2, 0) is 4.74 Å². The highest BCUT2D eigenvalue weighted by Crippen LogP contribution is 2.18. The molecular formula is C21H17N3O2. The number of carbonyl (C=O) groups excluding carboxylic acids is 1.